The quantitative estimate of drug-likeness (QED) is 0.329. The minimum atomic E-state index is -1.79. The third-order valence-electron chi connectivity index (χ3n) is 3.38. The molecule has 0 aromatic carbocycles. The summed E-state index contributed by atoms with van der Waals surface area (Å²) in [6, 6.07) is 0. The van der Waals surface area contributed by atoms with Gasteiger partial charge in [-0.2, -0.15) is 0 Å². The molecule has 0 amide bonds. The minimum Gasteiger partial charge on any atom is -0.481 e. The van der Waals surface area contributed by atoms with Crippen molar-refractivity contribution < 1.29 is 24.3 Å². The van der Waals surface area contributed by atoms with Crippen molar-refractivity contribution in [2.24, 2.45) is 0 Å². The van der Waals surface area contributed by atoms with Crippen molar-refractivity contribution in [1.29, 1.82) is 0 Å². The Morgan fingerprint density at radius 1 is 1.09 bits per heavy atom. The van der Waals surface area contributed by atoms with Gasteiger partial charge in [0, 0.05) is 6.42 Å². The molecule has 0 saturated heterocycles. The number of rotatable bonds is 12. The number of carboxylic acid groups (broad SMARTS) is 1. The number of hydrogen-bond donors (Lipinski definition) is 2. The molecular formula is C17H32NO4+. The van der Waals surface area contributed by atoms with Crippen molar-refractivity contribution in [3.63, 3.8) is 0 Å². The fraction of sp³-hybridized carbons (Fsp3) is 0.765. The highest BCUT2D eigenvalue weighted by Gasteiger charge is 2.42. The standard InChI is InChI=1S/C17H31NO4/c1-5-6-7-8-9-10-11-12-15(19)17(22,13-16(20)21)14-18(2,3)4/h9-10,22H,5-8,11-14H2,1-4H3/p+1/b10-9-. The Labute approximate surface area is 134 Å². The van der Waals surface area contributed by atoms with Crippen molar-refractivity contribution in [1.82, 2.24) is 0 Å². The van der Waals surface area contributed by atoms with Gasteiger partial charge in [0.25, 0.3) is 0 Å². The summed E-state index contributed by atoms with van der Waals surface area (Å²) in [7, 11) is 5.48. The highest BCUT2D eigenvalue weighted by atomic mass is 16.4. The van der Waals surface area contributed by atoms with Crippen LogP contribution in [0.3, 0.4) is 0 Å². The van der Waals surface area contributed by atoms with Gasteiger partial charge in [-0.05, 0) is 19.3 Å². The van der Waals surface area contributed by atoms with E-state index in [0.717, 1.165) is 12.8 Å². The summed E-state index contributed by atoms with van der Waals surface area (Å²) in [6.45, 7) is 2.25. The van der Waals surface area contributed by atoms with Gasteiger partial charge in [0.05, 0.1) is 27.6 Å². The number of unbranched alkanes of at least 4 members (excludes halogenated alkanes) is 3. The molecule has 0 radical (unpaired) electrons. The second kappa shape index (κ2) is 9.74. The van der Waals surface area contributed by atoms with Gasteiger partial charge >= 0.3 is 5.97 Å². The number of likely N-dealkylation sites (N-methyl/N-ethyl adjacent to an activating group) is 1. The Bertz CT molecular complexity index is 385. The Morgan fingerprint density at radius 2 is 1.68 bits per heavy atom. The molecule has 22 heavy (non-hydrogen) atoms. The van der Waals surface area contributed by atoms with Gasteiger partial charge in [-0.3, -0.25) is 9.59 Å². The van der Waals surface area contributed by atoms with E-state index in [2.05, 4.69) is 13.0 Å². The van der Waals surface area contributed by atoms with Gasteiger partial charge in [0.2, 0.25) is 0 Å². The molecule has 0 rings (SSSR count). The van der Waals surface area contributed by atoms with Gasteiger partial charge < -0.3 is 14.7 Å². The Balaban J connectivity index is 4.49. The predicted octanol–water partition coefficient (Wildman–Crippen LogP) is 2.38. The number of ketones is 1. The van der Waals surface area contributed by atoms with Crippen LogP contribution in [0, 0.1) is 0 Å². The fourth-order valence-corrected chi connectivity index (χ4v) is 2.47. The van der Waals surface area contributed by atoms with Gasteiger partial charge in [-0.15, -0.1) is 0 Å². The van der Waals surface area contributed by atoms with Gasteiger partial charge in [0.1, 0.15) is 6.54 Å². The van der Waals surface area contributed by atoms with Gasteiger partial charge in [-0.25, -0.2) is 0 Å². The molecule has 5 heteroatoms. The average molecular weight is 314 g/mol. The van der Waals surface area contributed by atoms with E-state index in [9.17, 15) is 14.7 Å². The molecule has 5 nitrogen and oxygen atoms in total. The number of Topliss-reactive ketones (excluding diaryl/α,β-unsaturated/α-hetero) is 1. The van der Waals surface area contributed by atoms with Gasteiger partial charge in [0.15, 0.2) is 11.4 Å². The summed E-state index contributed by atoms with van der Waals surface area (Å²) in [6.07, 6.45) is 8.70. The van der Waals surface area contributed by atoms with Crippen LogP contribution in [0.15, 0.2) is 12.2 Å². The molecule has 0 saturated carbocycles. The third kappa shape index (κ3) is 9.68. The van der Waals surface area contributed by atoms with Crippen molar-refractivity contribution in [3.8, 4) is 0 Å². The molecule has 0 aromatic heterocycles. The zero-order valence-electron chi connectivity index (χ0n) is 14.5. The number of aliphatic carboxylic acids is 1. The molecule has 0 aliphatic rings. The van der Waals surface area contributed by atoms with Crippen LogP contribution in [0.25, 0.3) is 0 Å². The Hall–Kier alpha value is -1.20. The lowest BCUT2D eigenvalue weighted by Gasteiger charge is -2.33. The van der Waals surface area contributed by atoms with Crippen LogP contribution in [0.4, 0.5) is 0 Å². The van der Waals surface area contributed by atoms with E-state index in [0.29, 0.717) is 10.9 Å². The molecular weight excluding hydrogens is 282 g/mol. The summed E-state index contributed by atoms with van der Waals surface area (Å²) >= 11 is 0. The van der Waals surface area contributed by atoms with Crippen LogP contribution in [-0.2, 0) is 9.59 Å². The van der Waals surface area contributed by atoms with Crippen LogP contribution in [-0.4, -0.2) is 59.7 Å². The molecule has 1 atom stereocenters. The Kier molecular flexibility index (Phi) is 9.21. The zero-order chi connectivity index (χ0) is 17.2. The first kappa shape index (κ1) is 20.8. The number of nitrogens with zero attached hydrogens (tertiary/aromatic N) is 1. The lowest BCUT2D eigenvalue weighted by atomic mass is 9.90. The van der Waals surface area contributed by atoms with E-state index >= 15 is 0 Å². The highest BCUT2D eigenvalue weighted by Crippen LogP contribution is 2.19. The fourth-order valence-electron chi connectivity index (χ4n) is 2.47. The average Bonchev–Trinajstić information content (AvgIpc) is 2.34. The normalized spacial score (nSPS) is 15.0. The monoisotopic (exact) mass is 314 g/mol. The van der Waals surface area contributed by atoms with Crippen LogP contribution in [0.1, 0.15) is 51.9 Å². The first-order chi connectivity index (χ1) is 10.1. The lowest BCUT2D eigenvalue weighted by Crippen LogP contribution is -2.54. The van der Waals surface area contributed by atoms with Crippen molar-refractivity contribution in [2.45, 2.75) is 57.5 Å². The number of quaternary nitrogens is 1. The highest BCUT2D eigenvalue weighted by molar-refractivity contribution is 5.91. The Morgan fingerprint density at radius 3 is 2.18 bits per heavy atom. The molecule has 0 fully saturated rings. The number of carbonyl (C=O) groups is 2. The zero-order valence-corrected chi connectivity index (χ0v) is 14.5. The van der Waals surface area contributed by atoms with Crippen molar-refractivity contribution >= 4 is 11.8 Å². The van der Waals surface area contributed by atoms with Crippen molar-refractivity contribution in [2.75, 3.05) is 27.7 Å². The SMILES string of the molecule is CCCCC/C=C\CCC(=O)C(O)(CC(=O)O)C[N+](C)(C)C. The first-order valence-electron chi connectivity index (χ1n) is 8.03. The predicted molar refractivity (Wildman–Crippen MR) is 87.6 cm³/mol. The van der Waals surface area contributed by atoms with Gasteiger partial charge in [-0.1, -0.05) is 31.9 Å². The van der Waals surface area contributed by atoms with Crippen LogP contribution < -0.4 is 0 Å². The smallest absolute Gasteiger partial charge is 0.306 e. The number of aliphatic hydroxyl groups is 1. The third-order valence-corrected chi connectivity index (χ3v) is 3.38. The molecule has 0 spiro atoms. The van der Waals surface area contributed by atoms with Crippen LogP contribution >= 0.6 is 0 Å². The van der Waals surface area contributed by atoms with E-state index in [1.165, 1.54) is 12.8 Å². The number of allylic oxidation sites excluding steroid dienone is 2. The largest absolute Gasteiger partial charge is 0.481 e. The molecule has 0 aliphatic carbocycles. The van der Waals surface area contributed by atoms with E-state index in [4.69, 9.17) is 5.11 Å². The molecule has 0 heterocycles. The molecule has 0 aromatic rings. The second-order valence-electron chi connectivity index (χ2n) is 6.98. The maximum atomic E-state index is 12.3. The summed E-state index contributed by atoms with van der Waals surface area (Å²) in [5.74, 6) is -1.54. The van der Waals surface area contributed by atoms with E-state index in [1.54, 1.807) is 0 Å². The minimum absolute atomic E-state index is 0.0956. The number of carboxylic acids is 1. The number of hydrogen-bond acceptors (Lipinski definition) is 3. The summed E-state index contributed by atoms with van der Waals surface area (Å²) < 4.78 is 0.336. The van der Waals surface area contributed by atoms with E-state index in [-0.39, 0.29) is 18.7 Å². The molecule has 0 bridgehead atoms. The number of carbonyl (C=O) groups excluding carboxylic acids is 1. The van der Waals surface area contributed by atoms with Crippen molar-refractivity contribution in [3.05, 3.63) is 12.2 Å². The summed E-state index contributed by atoms with van der Waals surface area (Å²) in [5, 5.41) is 19.4. The molecule has 1 unspecified atom stereocenters. The molecule has 0 aliphatic heterocycles. The second-order valence-corrected chi connectivity index (χ2v) is 6.98. The van der Waals surface area contributed by atoms with Crippen LogP contribution in [0.2, 0.25) is 0 Å². The van der Waals surface area contributed by atoms with E-state index in [1.807, 2.05) is 27.2 Å². The van der Waals surface area contributed by atoms with Crippen LogP contribution in [0.5, 0.6) is 0 Å². The maximum absolute atomic E-state index is 12.3. The summed E-state index contributed by atoms with van der Waals surface area (Å²) in [4.78, 5) is 23.2. The molecule has 2 N–H and O–H groups in total. The topological polar surface area (TPSA) is 74.6 Å². The summed E-state index contributed by atoms with van der Waals surface area (Å²) in [5.41, 5.74) is -1.79. The lowest BCUT2D eigenvalue weighted by molar-refractivity contribution is -0.875. The van der Waals surface area contributed by atoms with E-state index < -0.39 is 18.0 Å². The molecule has 128 valence electrons. The maximum Gasteiger partial charge on any atom is 0.306 e. The first-order valence-corrected chi connectivity index (χ1v) is 8.03.